The second-order valence-corrected chi connectivity index (χ2v) is 7.36. The molecule has 1 saturated heterocycles. The molecule has 1 N–H and O–H groups in total. The van der Waals surface area contributed by atoms with Crippen LogP contribution in [0.15, 0.2) is 29.2 Å². The van der Waals surface area contributed by atoms with Crippen LogP contribution in [0.25, 0.3) is 6.08 Å². The van der Waals surface area contributed by atoms with Crippen molar-refractivity contribution in [3.05, 3.63) is 34.7 Å². The Morgan fingerprint density at radius 2 is 2.00 bits per heavy atom. The highest BCUT2D eigenvalue weighted by Gasteiger charge is 2.33. The summed E-state index contributed by atoms with van der Waals surface area (Å²) in [5.41, 5.74) is 2.05. The Morgan fingerprint density at radius 1 is 1.32 bits per heavy atom. The fourth-order valence-electron chi connectivity index (χ4n) is 2.52. The average Bonchev–Trinajstić information content (AvgIpc) is 2.84. The number of nitrogens with zero attached hydrogens (tertiary/aromatic N) is 2. The van der Waals surface area contributed by atoms with Crippen LogP contribution in [-0.4, -0.2) is 45.8 Å². The molecule has 0 saturated carbocycles. The van der Waals surface area contributed by atoms with Crippen molar-refractivity contribution in [2.24, 2.45) is 0 Å². The molecule has 5 nitrogen and oxygen atoms in total. The fourth-order valence-corrected chi connectivity index (χ4v) is 3.78. The van der Waals surface area contributed by atoms with Crippen LogP contribution in [0.4, 0.5) is 5.69 Å². The number of anilines is 1. The summed E-state index contributed by atoms with van der Waals surface area (Å²) in [5.74, 6) is -1.42. The van der Waals surface area contributed by atoms with Crippen LogP contribution in [-0.2, 0) is 9.59 Å². The SMILES string of the molecule is CCCCN(CC)c1ccc(C=C2SC(=S)N(CC(=O)O)C2=O)cc1. The maximum Gasteiger partial charge on any atom is 0.323 e. The standard InChI is InChI=1S/C18H22N2O3S2/c1-3-5-10-19(4-2)14-8-6-13(7-9-14)11-15-17(23)20(12-16(21)22)18(24)25-15/h6-9,11H,3-5,10,12H2,1-2H3,(H,21,22). The van der Waals surface area contributed by atoms with Gasteiger partial charge >= 0.3 is 5.97 Å². The highest BCUT2D eigenvalue weighted by Crippen LogP contribution is 2.32. The molecule has 134 valence electrons. The summed E-state index contributed by atoms with van der Waals surface area (Å²) in [6.07, 6.45) is 4.07. The largest absolute Gasteiger partial charge is 0.480 e. The molecule has 1 amide bonds. The lowest BCUT2D eigenvalue weighted by molar-refractivity contribution is -0.140. The van der Waals surface area contributed by atoms with Crippen molar-refractivity contribution in [1.82, 2.24) is 4.90 Å². The third kappa shape index (κ3) is 5.06. The number of amides is 1. The minimum Gasteiger partial charge on any atom is -0.480 e. The van der Waals surface area contributed by atoms with Gasteiger partial charge in [0, 0.05) is 18.8 Å². The lowest BCUT2D eigenvalue weighted by Gasteiger charge is -2.23. The predicted octanol–water partition coefficient (Wildman–Crippen LogP) is 3.60. The fraction of sp³-hybridized carbons (Fsp3) is 0.389. The third-order valence-electron chi connectivity index (χ3n) is 3.89. The molecule has 0 radical (unpaired) electrons. The highest BCUT2D eigenvalue weighted by atomic mass is 32.2. The van der Waals surface area contributed by atoms with Crippen LogP contribution >= 0.6 is 24.0 Å². The van der Waals surface area contributed by atoms with Gasteiger partial charge in [-0.05, 0) is 37.1 Å². The maximum absolute atomic E-state index is 12.3. The Morgan fingerprint density at radius 3 is 2.56 bits per heavy atom. The van der Waals surface area contributed by atoms with E-state index < -0.39 is 12.5 Å². The summed E-state index contributed by atoms with van der Waals surface area (Å²) >= 11 is 6.24. The minimum atomic E-state index is -1.08. The molecule has 1 aromatic rings. The molecule has 0 spiro atoms. The molecule has 0 unspecified atom stereocenters. The molecule has 1 aliphatic heterocycles. The number of carboxylic acid groups (broad SMARTS) is 1. The number of unbranched alkanes of at least 4 members (excludes halogenated alkanes) is 1. The van der Waals surface area contributed by atoms with Crippen molar-refractivity contribution in [1.29, 1.82) is 0 Å². The molecule has 7 heteroatoms. The van der Waals surface area contributed by atoms with Gasteiger partial charge in [-0.15, -0.1) is 0 Å². The van der Waals surface area contributed by atoms with Gasteiger partial charge in [0.15, 0.2) is 0 Å². The quantitative estimate of drug-likeness (QED) is 0.551. The number of benzene rings is 1. The van der Waals surface area contributed by atoms with Crippen LogP contribution in [0.2, 0.25) is 0 Å². The lowest BCUT2D eigenvalue weighted by Crippen LogP contribution is -2.33. The molecule has 0 aromatic heterocycles. The van der Waals surface area contributed by atoms with Crippen molar-refractivity contribution in [2.45, 2.75) is 26.7 Å². The Bertz CT molecular complexity index is 686. The first-order valence-electron chi connectivity index (χ1n) is 8.28. The second-order valence-electron chi connectivity index (χ2n) is 5.69. The number of thiocarbonyl (C=S) groups is 1. The van der Waals surface area contributed by atoms with E-state index in [1.54, 1.807) is 6.08 Å². The van der Waals surface area contributed by atoms with Gasteiger partial charge in [0.25, 0.3) is 5.91 Å². The van der Waals surface area contributed by atoms with Gasteiger partial charge in [-0.3, -0.25) is 14.5 Å². The van der Waals surface area contributed by atoms with Crippen molar-refractivity contribution < 1.29 is 14.7 Å². The molecule has 1 aromatic carbocycles. The van der Waals surface area contributed by atoms with Crippen LogP contribution in [0.1, 0.15) is 32.3 Å². The molecule has 0 aliphatic carbocycles. The molecule has 1 heterocycles. The van der Waals surface area contributed by atoms with E-state index >= 15 is 0 Å². The summed E-state index contributed by atoms with van der Waals surface area (Å²) in [7, 11) is 0. The van der Waals surface area contributed by atoms with E-state index in [4.69, 9.17) is 17.3 Å². The Kier molecular flexibility index (Phi) is 7.01. The zero-order valence-electron chi connectivity index (χ0n) is 14.4. The summed E-state index contributed by atoms with van der Waals surface area (Å²) in [4.78, 5) is 27.0. The molecular formula is C18H22N2O3S2. The highest BCUT2D eigenvalue weighted by molar-refractivity contribution is 8.26. The van der Waals surface area contributed by atoms with Gasteiger partial charge in [-0.1, -0.05) is 49.5 Å². The van der Waals surface area contributed by atoms with Gasteiger partial charge in [-0.2, -0.15) is 0 Å². The topological polar surface area (TPSA) is 60.9 Å². The normalized spacial score (nSPS) is 15.9. The Hall–Kier alpha value is -1.86. The number of carboxylic acids is 1. The van der Waals surface area contributed by atoms with Gasteiger partial charge in [0.1, 0.15) is 10.9 Å². The second kappa shape index (κ2) is 9.01. The number of hydrogen-bond acceptors (Lipinski definition) is 5. The number of carbonyl (C=O) groups is 2. The predicted molar refractivity (Wildman–Crippen MR) is 107 cm³/mol. The number of hydrogen-bond donors (Lipinski definition) is 1. The van der Waals surface area contributed by atoms with Crippen molar-refractivity contribution in [2.75, 3.05) is 24.5 Å². The van der Waals surface area contributed by atoms with Crippen LogP contribution in [0.5, 0.6) is 0 Å². The van der Waals surface area contributed by atoms with E-state index in [1.807, 2.05) is 24.3 Å². The van der Waals surface area contributed by atoms with Crippen molar-refractivity contribution in [3.63, 3.8) is 0 Å². The summed E-state index contributed by atoms with van der Waals surface area (Å²) in [6, 6.07) is 8.02. The van der Waals surface area contributed by atoms with Crippen LogP contribution in [0.3, 0.4) is 0 Å². The van der Waals surface area contributed by atoms with E-state index in [1.165, 1.54) is 0 Å². The molecule has 0 bridgehead atoms. The van der Waals surface area contributed by atoms with E-state index in [0.29, 0.717) is 4.91 Å². The maximum atomic E-state index is 12.3. The van der Waals surface area contributed by atoms with Gasteiger partial charge < -0.3 is 10.0 Å². The first-order valence-corrected chi connectivity index (χ1v) is 9.50. The van der Waals surface area contributed by atoms with Crippen molar-refractivity contribution >= 4 is 51.9 Å². The average molecular weight is 379 g/mol. The van der Waals surface area contributed by atoms with E-state index in [2.05, 4.69) is 18.7 Å². The number of aliphatic carboxylic acids is 1. The number of thioether (sulfide) groups is 1. The minimum absolute atomic E-state index is 0.284. The molecule has 2 rings (SSSR count). The van der Waals surface area contributed by atoms with Gasteiger partial charge in [0.2, 0.25) is 0 Å². The molecule has 0 atom stereocenters. The molecule has 25 heavy (non-hydrogen) atoms. The van der Waals surface area contributed by atoms with Crippen molar-refractivity contribution in [3.8, 4) is 0 Å². The van der Waals surface area contributed by atoms with Gasteiger partial charge in [0.05, 0.1) is 4.91 Å². The van der Waals surface area contributed by atoms with E-state index in [9.17, 15) is 9.59 Å². The molecule has 1 aliphatic rings. The molecular weight excluding hydrogens is 356 g/mol. The Balaban J connectivity index is 2.12. The zero-order valence-corrected chi connectivity index (χ0v) is 16.0. The first kappa shape index (κ1) is 19.5. The van der Waals surface area contributed by atoms with Crippen LogP contribution < -0.4 is 4.90 Å². The first-order chi connectivity index (χ1) is 12.0. The summed E-state index contributed by atoms with van der Waals surface area (Å²) < 4.78 is 0.284. The summed E-state index contributed by atoms with van der Waals surface area (Å²) in [6.45, 7) is 5.89. The monoisotopic (exact) mass is 378 g/mol. The number of carbonyl (C=O) groups excluding carboxylic acids is 1. The Labute approximate surface area is 157 Å². The lowest BCUT2D eigenvalue weighted by atomic mass is 10.1. The third-order valence-corrected chi connectivity index (χ3v) is 5.26. The smallest absolute Gasteiger partial charge is 0.323 e. The molecule has 1 fully saturated rings. The van der Waals surface area contributed by atoms with Gasteiger partial charge in [-0.25, -0.2) is 0 Å². The zero-order chi connectivity index (χ0) is 18.4. The number of rotatable bonds is 8. The van der Waals surface area contributed by atoms with Crippen LogP contribution in [0, 0.1) is 0 Å². The van der Waals surface area contributed by atoms with E-state index in [0.717, 1.165) is 53.8 Å². The van der Waals surface area contributed by atoms with E-state index in [-0.39, 0.29) is 10.2 Å². The summed E-state index contributed by atoms with van der Waals surface area (Å²) in [5, 5.41) is 8.87.